The smallest absolute Gasteiger partial charge is 0.154 e. The average Bonchev–Trinajstić information content (AvgIpc) is 0.811. The van der Waals surface area contributed by atoms with Gasteiger partial charge in [0.25, 0.3) is 0 Å². The molecule has 36 valence electrons. The van der Waals surface area contributed by atoms with Gasteiger partial charge in [0.2, 0.25) is 0 Å². The fourth-order valence-corrected chi connectivity index (χ4v) is 0. The third-order valence-electron chi connectivity index (χ3n) is 0. The van der Waals surface area contributed by atoms with Crippen LogP contribution < -0.4 is 0 Å². The molecule has 0 aromatic heterocycles. The Hall–Kier alpha value is -1.21. The summed E-state index contributed by atoms with van der Waals surface area (Å²) in [6.07, 6.45) is 0. The van der Waals surface area contributed by atoms with Crippen LogP contribution in [0.5, 0.6) is 0 Å². The summed E-state index contributed by atoms with van der Waals surface area (Å²) >= 11 is 0. The number of hydrogen-bond donors (Lipinski definition) is 0. The maximum absolute atomic E-state index is 9.58. The quantitative estimate of drug-likeness (QED) is 0.584. The first-order valence-electron chi connectivity index (χ1n) is 0.567. The molecule has 0 nitrogen and oxygen atoms in total. The van der Waals surface area contributed by atoms with Crippen molar-refractivity contribution in [2.45, 2.75) is 0 Å². The van der Waals surface area contributed by atoms with Crippen molar-refractivity contribution in [3.05, 3.63) is 14.1 Å². The van der Waals surface area contributed by atoms with E-state index in [0.717, 1.165) is 0 Å². The summed E-state index contributed by atoms with van der Waals surface area (Å²) in [7, 11) is 0. The Morgan fingerprint density at radius 1 is 1.00 bits per heavy atom. The SMILES string of the molecule is F[C-](F)F.[CH3-].[Rf]. The summed E-state index contributed by atoms with van der Waals surface area (Å²) in [5.41, 5.74) is 0. The molecule has 0 atom stereocenters. The third-order valence-corrected chi connectivity index (χ3v) is 0. The van der Waals surface area contributed by atoms with Crippen molar-refractivity contribution in [1.29, 1.82) is 0 Å². The Bertz CT molecular complexity index is 13.5. The van der Waals surface area contributed by atoms with E-state index in [1.165, 1.54) is 0 Å². The summed E-state index contributed by atoms with van der Waals surface area (Å²) < 4.78 is 28.8. The molecule has 0 saturated heterocycles. The van der Waals surface area contributed by atoms with Crippen LogP contribution >= 0.6 is 0 Å². The maximum Gasteiger partial charge on any atom is 0.154 e. The molecular weight excluding hydrogens is 348 g/mol. The molecule has 0 aromatic carbocycles. The molecule has 0 bridgehead atoms. The average molecular weight is 351 g/mol. The van der Waals surface area contributed by atoms with Gasteiger partial charge in [0.1, 0.15) is 0 Å². The van der Waals surface area contributed by atoms with Gasteiger partial charge in [-0.25, -0.2) is 0 Å². The van der Waals surface area contributed by atoms with Crippen LogP contribution in [0.15, 0.2) is 0 Å². The normalized spacial score (nSPS) is 6.00. The van der Waals surface area contributed by atoms with Gasteiger partial charge in [-0.3, -0.25) is 0 Å². The van der Waals surface area contributed by atoms with Gasteiger partial charge in [-0.15, -0.1) is 0 Å². The molecular formula is C2H3F3Rf-2. The van der Waals surface area contributed by atoms with Gasteiger partial charge in [-0.1, -0.05) is 0 Å². The van der Waals surface area contributed by atoms with Crippen LogP contribution in [0.3, 0.4) is 0 Å². The van der Waals surface area contributed by atoms with E-state index in [2.05, 4.69) is 0 Å². The fraction of sp³-hybridized carbons (Fsp3) is 0. The predicted molar refractivity (Wildman–Crippen MR) is 13.0 cm³/mol. The van der Waals surface area contributed by atoms with Gasteiger partial charge < -0.3 is 20.6 Å². The van der Waals surface area contributed by atoms with Crippen molar-refractivity contribution in [3.8, 4) is 0 Å². The van der Waals surface area contributed by atoms with Gasteiger partial charge in [-0.2, -0.15) is 0 Å². The molecule has 6 heavy (non-hydrogen) atoms. The molecule has 0 rings (SSSR count). The van der Waals surface area contributed by atoms with Crippen LogP contribution in [0.2, 0.25) is 0 Å². The number of hydrogen-bond acceptors (Lipinski definition) is 0. The molecule has 0 aliphatic heterocycles. The first kappa shape index (κ1) is 21.5. The van der Waals surface area contributed by atoms with Crippen LogP contribution in [0, 0.1) is 14.1 Å². The molecule has 0 saturated carbocycles. The molecule has 0 heterocycles. The molecule has 0 fully saturated rings. The minimum Gasteiger partial charge on any atom is -0.385 e. The molecule has 0 N–H and O–H groups in total. The van der Waals surface area contributed by atoms with Crippen molar-refractivity contribution in [2.75, 3.05) is 0 Å². The van der Waals surface area contributed by atoms with Crippen molar-refractivity contribution >= 4 is 0 Å². The Morgan fingerprint density at radius 3 is 1.00 bits per heavy atom. The summed E-state index contributed by atoms with van der Waals surface area (Å²) in [6, 6.07) is 0. The summed E-state index contributed by atoms with van der Waals surface area (Å²) in [4.78, 5) is 0. The predicted octanol–water partition coefficient (Wildman–Crippen LogP) is 1.79. The van der Waals surface area contributed by atoms with E-state index in [0.29, 0.717) is 0 Å². The number of rotatable bonds is 0. The van der Waals surface area contributed by atoms with Crippen molar-refractivity contribution in [2.24, 2.45) is 0 Å². The summed E-state index contributed by atoms with van der Waals surface area (Å²) in [5.74, 6) is 0. The molecule has 0 aliphatic rings. The molecule has 4 heteroatoms. The molecule has 0 radical (unpaired) electrons. The zero-order chi connectivity index (χ0) is 3.58. The van der Waals surface area contributed by atoms with Crippen LogP contribution in [-0.2, 0) is 0 Å². The van der Waals surface area contributed by atoms with Crippen LogP contribution in [0.4, 0.5) is 13.2 Å². The van der Waals surface area contributed by atoms with Crippen molar-refractivity contribution in [1.82, 2.24) is 0 Å². The van der Waals surface area contributed by atoms with Gasteiger partial charge in [0.15, 0.2) is 6.68 Å². The zero-order valence-corrected chi connectivity index (χ0v) is 9.74. The largest absolute Gasteiger partial charge is 0.385 e. The molecule has 0 aromatic rings. The van der Waals surface area contributed by atoms with E-state index in [1.807, 2.05) is 0 Å². The third kappa shape index (κ3) is 6.11. The van der Waals surface area contributed by atoms with Gasteiger partial charge >= 0.3 is 0 Å². The first-order chi connectivity index (χ1) is 1.73. The molecule has 0 amide bonds. The molecule has 0 unspecified atom stereocenters. The van der Waals surface area contributed by atoms with Crippen LogP contribution in [0.25, 0.3) is 0 Å². The molecule has 0 spiro atoms. The van der Waals surface area contributed by atoms with Gasteiger partial charge in [0.05, 0.1) is 0 Å². The second kappa shape index (κ2) is 9.21. The molecule has 0 aliphatic carbocycles. The zero-order valence-electron chi connectivity index (χ0n) is 3.34. The van der Waals surface area contributed by atoms with Gasteiger partial charge in [0, 0.05) is 0 Å². The second-order valence-electron chi connectivity index (χ2n) is 0.214. The van der Waals surface area contributed by atoms with Crippen molar-refractivity contribution < 1.29 is 13.2 Å². The summed E-state index contributed by atoms with van der Waals surface area (Å²) in [6.45, 7) is -3.08. The van der Waals surface area contributed by atoms with E-state index >= 15 is 0 Å². The second-order valence-corrected chi connectivity index (χ2v) is 0.214. The summed E-state index contributed by atoms with van der Waals surface area (Å²) in [5, 5.41) is 0. The Morgan fingerprint density at radius 2 is 1.00 bits per heavy atom. The van der Waals surface area contributed by atoms with E-state index in [-0.39, 0.29) is 7.43 Å². The Balaban J connectivity index is -0.0000000450. The van der Waals surface area contributed by atoms with E-state index in [9.17, 15) is 13.2 Å². The van der Waals surface area contributed by atoms with E-state index < -0.39 is 6.68 Å². The van der Waals surface area contributed by atoms with E-state index in [1.54, 1.807) is 0 Å². The monoisotopic (exact) mass is 351 g/mol. The maximum atomic E-state index is 9.58. The van der Waals surface area contributed by atoms with Gasteiger partial charge in [-0.05, 0) is 0 Å². The standard InChI is InChI=1S/CF3.CH3.Rf/c2-1(3)4;;/h;1H3;/q2*-1;. The fourth-order valence-electron chi connectivity index (χ4n) is 0. The minimum atomic E-state index is -3.08. The number of halogens is 3. The van der Waals surface area contributed by atoms with Crippen molar-refractivity contribution in [3.63, 3.8) is 0 Å². The topological polar surface area (TPSA) is 0 Å². The van der Waals surface area contributed by atoms with E-state index in [4.69, 9.17) is 0 Å². The first-order valence-corrected chi connectivity index (χ1v) is 0.567. The minimum absolute atomic E-state index is 0. The Labute approximate surface area is 28.6 Å². The van der Waals surface area contributed by atoms with Crippen LogP contribution in [-0.4, -0.2) is 0 Å². The van der Waals surface area contributed by atoms with Crippen LogP contribution in [0.1, 0.15) is 0 Å². The Kier molecular flexibility index (Phi) is 33.0.